The second-order valence-corrected chi connectivity index (χ2v) is 6.23. The van der Waals surface area contributed by atoms with Crippen molar-refractivity contribution in [3.63, 3.8) is 0 Å². The number of ether oxygens (including phenoxy) is 1. The normalized spacial score (nSPS) is 21.6. The average molecular weight is 248 g/mol. The summed E-state index contributed by atoms with van der Waals surface area (Å²) in [6.45, 7) is 8.82. The smallest absolute Gasteiger partial charge is 0.123 e. The van der Waals surface area contributed by atoms with E-state index in [0.29, 0.717) is 5.92 Å². The van der Waals surface area contributed by atoms with Crippen LogP contribution in [0.1, 0.15) is 38.3 Å². The molecule has 2 unspecified atom stereocenters. The highest BCUT2D eigenvalue weighted by molar-refractivity contribution is 5.40. The van der Waals surface area contributed by atoms with Crippen molar-refractivity contribution < 1.29 is 9.84 Å². The molecular weight excluding hydrogens is 224 g/mol. The molecule has 1 aromatic carbocycles. The molecule has 0 amide bonds. The summed E-state index contributed by atoms with van der Waals surface area (Å²) in [5, 5.41) is 9.62. The Labute approximate surface area is 110 Å². The van der Waals surface area contributed by atoms with E-state index in [1.807, 2.05) is 0 Å². The highest BCUT2D eigenvalue weighted by Crippen LogP contribution is 2.38. The topological polar surface area (TPSA) is 29.5 Å². The molecule has 1 aromatic rings. The second kappa shape index (κ2) is 4.93. The number of fused-ring (bicyclic) bond motifs is 1. The predicted molar refractivity (Wildman–Crippen MR) is 73.9 cm³/mol. The van der Waals surface area contributed by atoms with Crippen LogP contribution in [0, 0.1) is 18.3 Å². The molecule has 0 spiro atoms. The van der Waals surface area contributed by atoms with Gasteiger partial charge in [-0.05, 0) is 36.3 Å². The van der Waals surface area contributed by atoms with E-state index in [4.69, 9.17) is 4.74 Å². The number of aryl methyl sites for hydroxylation is 1. The largest absolute Gasteiger partial charge is 0.490 e. The molecule has 1 N–H and O–H groups in total. The van der Waals surface area contributed by atoms with Crippen LogP contribution >= 0.6 is 0 Å². The van der Waals surface area contributed by atoms with E-state index in [0.717, 1.165) is 18.6 Å². The summed E-state index contributed by atoms with van der Waals surface area (Å²) in [6, 6.07) is 6.37. The lowest BCUT2D eigenvalue weighted by molar-refractivity contribution is 0.0459. The first kappa shape index (κ1) is 13.4. The number of hydrogen-bond donors (Lipinski definition) is 1. The summed E-state index contributed by atoms with van der Waals surface area (Å²) >= 11 is 0. The van der Waals surface area contributed by atoms with E-state index in [9.17, 15) is 5.11 Å². The van der Waals surface area contributed by atoms with Crippen LogP contribution in [0.4, 0.5) is 0 Å². The van der Waals surface area contributed by atoms with Crippen molar-refractivity contribution in [2.75, 3.05) is 6.61 Å². The first-order valence-corrected chi connectivity index (χ1v) is 6.81. The first-order chi connectivity index (χ1) is 8.44. The van der Waals surface area contributed by atoms with Gasteiger partial charge in [0.15, 0.2) is 0 Å². The summed E-state index contributed by atoms with van der Waals surface area (Å²) in [4.78, 5) is 0. The minimum absolute atomic E-state index is 0.0538. The van der Waals surface area contributed by atoms with Crippen LogP contribution in [0.15, 0.2) is 18.2 Å². The zero-order valence-electron chi connectivity index (χ0n) is 11.9. The molecule has 0 bridgehead atoms. The molecule has 0 aliphatic carbocycles. The molecule has 100 valence electrons. The summed E-state index contributed by atoms with van der Waals surface area (Å²) in [5.41, 5.74) is 2.54. The standard InChI is InChI=1S/C16H24O2/c1-11(2)16(4,10-17)9-14-8-13-7-12(3)5-6-15(13)18-14/h5-7,11,14,17H,8-10H2,1-4H3. The highest BCUT2D eigenvalue weighted by atomic mass is 16.5. The first-order valence-electron chi connectivity index (χ1n) is 6.81. The van der Waals surface area contributed by atoms with E-state index in [2.05, 4.69) is 45.9 Å². The van der Waals surface area contributed by atoms with Crippen molar-refractivity contribution >= 4 is 0 Å². The Morgan fingerprint density at radius 3 is 2.78 bits per heavy atom. The Morgan fingerprint density at radius 2 is 2.17 bits per heavy atom. The van der Waals surface area contributed by atoms with Gasteiger partial charge in [-0.1, -0.05) is 38.5 Å². The van der Waals surface area contributed by atoms with Gasteiger partial charge in [-0.2, -0.15) is 0 Å². The van der Waals surface area contributed by atoms with Crippen LogP contribution in [-0.4, -0.2) is 17.8 Å². The second-order valence-electron chi connectivity index (χ2n) is 6.23. The van der Waals surface area contributed by atoms with E-state index in [-0.39, 0.29) is 18.1 Å². The molecule has 1 aliphatic heterocycles. The van der Waals surface area contributed by atoms with E-state index in [1.165, 1.54) is 11.1 Å². The third-order valence-corrected chi connectivity index (χ3v) is 4.41. The fraction of sp³-hybridized carbons (Fsp3) is 0.625. The van der Waals surface area contributed by atoms with Gasteiger partial charge in [0.05, 0.1) is 0 Å². The van der Waals surface area contributed by atoms with Crippen molar-refractivity contribution in [1.82, 2.24) is 0 Å². The van der Waals surface area contributed by atoms with Gasteiger partial charge in [-0.25, -0.2) is 0 Å². The van der Waals surface area contributed by atoms with Gasteiger partial charge in [-0.15, -0.1) is 0 Å². The van der Waals surface area contributed by atoms with Crippen LogP contribution < -0.4 is 4.74 Å². The van der Waals surface area contributed by atoms with Crippen molar-refractivity contribution in [1.29, 1.82) is 0 Å². The zero-order valence-corrected chi connectivity index (χ0v) is 11.9. The molecule has 2 rings (SSSR count). The maximum Gasteiger partial charge on any atom is 0.123 e. The van der Waals surface area contributed by atoms with Gasteiger partial charge in [-0.3, -0.25) is 0 Å². The maximum absolute atomic E-state index is 9.62. The quantitative estimate of drug-likeness (QED) is 0.885. The summed E-state index contributed by atoms with van der Waals surface area (Å²) in [5.74, 6) is 1.48. The van der Waals surface area contributed by atoms with E-state index >= 15 is 0 Å². The molecule has 0 aromatic heterocycles. The highest BCUT2D eigenvalue weighted by Gasteiger charge is 2.34. The summed E-state index contributed by atoms with van der Waals surface area (Å²) < 4.78 is 6.00. The fourth-order valence-electron chi connectivity index (χ4n) is 2.57. The van der Waals surface area contributed by atoms with Crippen molar-refractivity contribution in [2.45, 2.75) is 46.6 Å². The third kappa shape index (κ3) is 2.54. The monoisotopic (exact) mass is 248 g/mol. The molecule has 2 heteroatoms. The van der Waals surface area contributed by atoms with Crippen LogP contribution in [0.5, 0.6) is 5.75 Å². The molecule has 1 heterocycles. The Morgan fingerprint density at radius 1 is 1.44 bits per heavy atom. The third-order valence-electron chi connectivity index (χ3n) is 4.41. The van der Waals surface area contributed by atoms with Crippen LogP contribution in [-0.2, 0) is 6.42 Å². The maximum atomic E-state index is 9.62. The van der Waals surface area contributed by atoms with Gasteiger partial charge in [0.2, 0.25) is 0 Å². The predicted octanol–water partition coefficient (Wildman–Crippen LogP) is 3.34. The molecule has 0 saturated heterocycles. The molecular formula is C16H24O2. The van der Waals surface area contributed by atoms with Crippen LogP contribution in [0.3, 0.4) is 0 Å². The lowest BCUT2D eigenvalue weighted by Gasteiger charge is -2.33. The molecule has 0 radical (unpaired) electrons. The molecule has 0 saturated carbocycles. The minimum Gasteiger partial charge on any atom is -0.490 e. The van der Waals surface area contributed by atoms with Gasteiger partial charge >= 0.3 is 0 Å². The Kier molecular flexibility index (Phi) is 3.67. The summed E-state index contributed by atoms with van der Waals surface area (Å²) in [6.07, 6.45) is 2.09. The number of hydrogen-bond acceptors (Lipinski definition) is 2. The van der Waals surface area contributed by atoms with Crippen molar-refractivity contribution in [3.8, 4) is 5.75 Å². The molecule has 2 nitrogen and oxygen atoms in total. The van der Waals surface area contributed by atoms with Gasteiger partial charge < -0.3 is 9.84 Å². The average Bonchev–Trinajstić information content (AvgIpc) is 2.69. The lowest BCUT2D eigenvalue weighted by Crippen LogP contribution is -2.34. The Hall–Kier alpha value is -1.02. The van der Waals surface area contributed by atoms with Crippen LogP contribution in [0.25, 0.3) is 0 Å². The molecule has 0 fully saturated rings. The molecule has 2 atom stereocenters. The number of aliphatic hydroxyl groups is 1. The zero-order chi connectivity index (χ0) is 13.3. The summed E-state index contributed by atoms with van der Waals surface area (Å²) in [7, 11) is 0. The number of benzene rings is 1. The van der Waals surface area contributed by atoms with Crippen molar-refractivity contribution in [3.05, 3.63) is 29.3 Å². The van der Waals surface area contributed by atoms with Gasteiger partial charge in [0.25, 0.3) is 0 Å². The van der Waals surface area contributed by atoms with Gasteiger partial charge in [0, 0.05) is 13.0 Å². The molecule has 1 aliphatic rings. The van der Waals surface area contributed by atoms with E-state index < -0.39 is 0 Å². The Balaban J connectivity index is 2.07. The van der Waals surface area contributed by atoms with E-state index in [1.54, 1.807) is 0 Å². The Bertz CT molecular complexity index is 425. The van der Waals surface area contributed by atoms with Gasteiger partial charge in [0.1, 0.15) is 11.9 Å². The number of aliphatic hydroxyl groups excluding tert-OH is 1. The molecule has 18 heavy (non-hydrogen) atoms. The SMILES string of the molecule is Cc1ccc2c(c1)CC(CC(C)(CO)C(C)C)O2. The van der Waals surface area contributed by atoms with Crippen molar-refractivity contribution in [2.24, 2.45) is 11.3 Å². The minimum atomic E-state index is -0.0538. The number of rotatable bonds is 4. The lowest BCUT2D eigenvalue weighted by atomic mass is 9.75. The van der Waals surface area contributed by atoms with Crippen LogP contribution in [0.2, 0.25) is 0 Å². The fourth-order valence-corrected chi connectivity index (χ4v) is 2.57.